The van der Waals surface area contributed by atoms with Gasteiger partial charge in [-0.25, -0.2) is 4.39 Å². The number of pyridine rings is 1. The van der Waals surface area contributed by atoms with Crippen molar-refractivity contribution in [3.8, 4) is 0 Å². The predicted octanol–water partition coefficient (Wildman–Crippen LogP) is 3.60. The molecule has 1 aliphatic carbocycles. The fourth-order valence-electron chi connectivity index (χ4n) is 3.07. The fourth-order valence-corrected chi connectivity index (χ4v) is 3.07. The molecule has 1 fully saturated rings. The summed E-state index contributed by atoms with van der Waals surface area (Å²) in [7, 11) is 0. The van der Waals surface area contributed by atoms with Gasteiger partial charge in [0, 0.05) is 17.7 Å². The number of nitrogens with one attached hydrogen (secondary N) is 1. The number of hydrogen-bond acceptors (Lipinski definition) is 2. The maximum atomic E-state index is 13.5. The van der Waals surface area contributed by atoms with E-state index in [0.29, 0.717) is 0 Å². The van der Waals surface area contributed by atoms with E-state index >= 15 is 0 Å². The van der Waals surface area contributed by atoms with E-state index in [9.17, 15) is 4.39 Å². The zero-order valence-corrected chi connectivity index (χ0v) is 11.6. The SMILES string of the molecule is CCNC(c1cncc(F)c1)C1(c2ccccc2)CC1. The third kappa shape index (κ3) is 2.34. The molecule has 0 bridgehead atoms. The Kier molecular flexibility index (Phi) is 3.53. The Morgan fingerprint density at radius 2 is 2.00 bits per heavy atom. The summed E-state index contributed by atoms with van der Waals surface area (Å²) in [5.41, 5.74) is 2.36. The lowest BCUT2D eigenvalue weighted by Crippen LogP contribution is -2.32. The summed E-state index contributed by atoms with van der Waals surface area (Å²) in [4.78, 5) is 4.01. The Labute approximate surface area is 119 Å². The number of aromatic nitrogens is 1. The molecule has 0 radical (unpaired) electrons. The molecule has 1 aromatic carbocycles. The molecule has 1 saturated carbocycles. The molecule has 1 aliphatic rings. The van der Waals surface area contributed by atoms with E-state index < -0.39 is 0 Å². The number of likely N-dealkylation sites (N-methyl/N-ethyl adjacent to an activating group) is 1. The van der Waals surface area contributed by atoms with Crippen LogP contribution >= 0.6 is 0 Å². The van der Waals surface area contributed by atoms with Crippen molar-refractivity contribution in [2.45, 2.75) is 31.2 Å². The number of nitrogens with zero attached hydrogens (tertiary/aromatic N) is 1. The van der Waals surface area contributed by atoms with Crippen LogP contribution in [0.25, 0.3) is 0 Å². The van der Waals surface area contributed by atoms with E-state index in [4.69, 9.17) is 0 Å². The maximum absolute atomic E-state index is 13.5. The molecule has 104 valence electrons. The third-order valence-corrected chi connectivity index (χ3v) is 4.16. The molecular formula is C17H19FN2. The van der Waals surface area contributed by atoms with Gasteiger partial charge >= 0.3 is 0 Å². The molecule has 0 spiro atoms. The van der Waals surface area contributed by atoms with Gasteiger partial charge in [0.1, 0.15) is 5.82 Å². The van der Waals surface area contributed by atoms with Gasteiger partial charge in [0.15, 0.2) is 0 Å². The first kappa shape index (κ1) is 13.3. The highest BCUT2D eigenvalue weighted by Gasteiger charge is 2.51. The molecule has 20 heavy (non-hydrogen) atoms. The number of halogens is 1. The number of hydrogen-bond donors (Lipinski definition) is 1. The summed E-state index contributed by atoms with van der Waals surface area (Å²) in [6.45, 7) is 2.94. The van der Waals surface area contributed by atoms with Gasteiger partial charge in [0.2, 0.25) is 0 Å². The third-order valence-electron chi connectivity index (χ3n) is 4.16. The van der Waals surface area contributed by atoms with Crippen LogP contribution in [0.2, 0.25) is 0 Å². The molecule has 1 unspecified atom stereocenters. The van der Waals surface area contributed by atoms with E-state index in [2.05, 4.69) is 41.5 Å². The highest BCUT2D eigenvalue weighted by Crippen LogP contribution is 2.56. The van der Waals surface area contributed by atoms with Crippen LogP contribution in [0.4, 0.5) is 4.39 Å². The van der Waals surface area contributed by atoms with Crippen LogP contribution in [0.15, 0.2) is 48.8 Å². The lowest BCUT2D eigenvalue weighted by Gasteiger charge is -2.28. The Bertz CT molecular complexity index is 579. The molecule has 1 aromatic heterocycles. The molecule has 2 aromatic rings. The normalized spacial score (nSPS) is 17.7. The predicted molar refractivity (Wildman–Crippen MR) is 78.0 cm³/mol. The van der Waals surface area contributed by atoms with Gasteiger partial charge in [-0.05, 0) is 36.6 Å². The minimum Gasteiger partial charge on any atom is -0.309 e. The first-order chi connectivity index (χ1) is 9.76. The highest BCUT2D eigenvalue weighted by molar-refractivity contribution is 5.37. The van der Waals surface area contributed by atoms with Crippen molar-refractivity contribution < 1.29 is 4.39 Å². The molecular weight excluding hydrogens is 251 g/mol. The zero-order chi connectivity index (χ0) is 14.0. The summed E-state index contributed by atoms with van der Waals surface area (Å²) in [6, 6.07) is 12.2. The van der Waals surface area contributed by atoms with Crippen molar-refractivity contribution in [2.75, 3.05) is 6.54 Å². The molecule has 0 saturated heterocycles. The number of rotatable bonds is 5. The fraction of sp³-hybridized carbons (Fsp3) is 0.353. The van der Waals surface area contributed by atoms with E-state index in [1.54, 1.807) is 12.3 Å². The van der Waals surface area contributed by atoms with Crippen LogP contribution in [0.1, 0.15) is 36.9 Å². The average molecular weight is 270 g/mol. The average Bonchev–Trinajstić information content (AvgIpc) is 3.27. The molecule has 0 amide bonds. The minimum atomic E-state index is -0.269. The van der Waals surface area contributed by atoms with Gasteiger partial charge in [-0.1, -0.05) is 37.3 Å². The van der Waals surface area contributed by atoms with Gasteiger partial charge in [-0.3, -0.25) is 4.98 Å². The van der Waals surface area contributed by atoms with Crippen molar-refractivity contribution in [1.82, 2.24) is 10.3 Å². The molecule has 2 nitrogen and oxygen atoms in total. The molecule has 3 heteroatoms. The van der Waals surface area contributed by atoms with Gasteiger partial charge in [0.05, 0.1) is 6.20 Å². The van der Waals surface area contributed by atoms with Crippen LogP contribution in [-0.4, -0.2) is 11.5 Å². The Balaban J connectivity index is 1.99. The lowest BCUT2D eigenvalue weighted by molar-refractivity contribution is 0.436. The topological polar surface area (TPSA) is 24.9 Å². The summed E-state index contributed by atoms with van der Waals surface area (Å²) >= 11 is 0. The highest BCUT2D eigenvalue weighted by atomic mass is 19.1. The minimum absolute atomic E-state index is 0.0900. The van der Waals surface area contributed by atoms with Crippen molar-refractivity contribution in [3.05, 3.63) is 65.7 Å². The molecule has 3 rings (SSSR count). The van der Waals surface area contributed by atoms with Crippen molar-refractivity contribution >= 4 is 0 Å². The first-order valence-corrected chi connectivity index (χ1v) is 7.15. The standard InChI is InChI=1S/C17H19FN2/c1-2-20-16(13-10-15(18)12-19-11-13)17(8-9-17)14-6-4-3-5-7-14/h3-7,10-12,16,20H,2,8-9H2,1H3. The molecule has 0 aliphatic heterocycles. The summed E-state index contributed by atoms with van der Waals surface area (Å²) in [5, 5.41) is 3.52. The largest absolute Gasteiger partial charge is 0.309 e. The van der Waals surface area contributed by atoms with E-state index in [1.807, 2.05) is 6.07 Å². The van der Waals surface area contributed by atoms with Crippen LogP contribution in [-0.2, 0) is 5.41 Å². The Morgan fingerprint density at radius 3 is 2.60 bits per heavy atom. The van der Waals surface area contributed by atoms with E-state index in [0.717, 1.165) is 24.9 Å². The van der Waals surface area contributed by atoms with Gasteiger partial charge in [-0.15, -0.1) is 0 Å². The summed E-state index contributed by atoms with van der Waals surface area (Å²) < 4.78 is 13.5. The second kappa shape index (κ2) is 5.33. The van der Waals surface area contributed by atoms with Crippen LogP contribution in [0.3, 0.4) is 0 Å². The Morgan fingerprint density at radius 1 is 1.25 bits per heavy atom. The quantitative estimate of drug-likeness (QED) is 0.898. The Hall–Kier alpha value is -1.74. The van der Waals surface area contributed by atoms with Crippen molar-refractivity contribution in [3.63, 3.8) is 0 Å². The zero-order valence-electron chi connectivity index (χ0n) is 11.6. The number of benzene rings is 1. The van der Waals surface area contributed by atoms with Gasteiger partial charge in [0.25, 0.3) is 0 Å². The van der Waals surface area contributed by atoms with Crippen molar-refractivity contribution in [2.24, 2.45) is 0 Å². The second-order valence-electron chi connectivity index (χ2n) is 5.45. The van der Waals surface area contributed by atoms with Crippen LogP contribution < -0.4 is 5.32 Å². The second-order valence-corrected chi connectivity index (χ2v) is 5.45. The summed E-state index contributed by atoms with van der Waals surface area (Å²) in [6.07, 6.45) is 5.30. The first-order valence-electron chi connectivity index (χ1n) is 7.15. The smallest absolute Gasteiger partial charge is 0.141 e. The molecule has 1 heterocycles. The van der Waals surface area contributed by atoms with E-state index in [1.165, 1.54) is 11.8 Å². The monoisotopic (exact) mass is 270 g/mol. The van der Waals surface area contributed by atoms with Gasteiger partial charge < -0.3 is 5.32 Å². The van der Waals surface area contributed by atoms with Crippen LogP contribution in [0.5, 0.6) is 0 Å². The summed E-state index contributed by atoms with van der Waals surface area (Å²) in [5.74, 6) is -0.269. The lowest BCUT2D eigenvalue weighted by atomic mass is 9.84. The van der Waals surface area contributed by atoms with Crippen LogP contribution in [0, 0.1) is 5.82 Å². The molecule has 1 atom stereocenters. The maximum Gasteiger partial charge on any atom is 0.141 e. The van der Waals surface area contributed by atoms with Crippen molar-refractivity contribution in [1.29, 1.82) is 0 Å². The van der Waals surface area contributed by atoms with E-state index in [-0.39, 0.29) is 17.3 Å². The van der Waals surface area contributed by atoms with Gasteiger partial charge in [-0.2, -0.15) is 0 Å². The molecule has 1 N–H and O–H groups in total.